The lowest BCUT2D eigenvalue weighted by atomic mass is 10.1. The van der Waals surface area contributed by atoms with E-state index in [0.29, 0.717) is 18.8 Å². The molecule has 0 N–H and O–H groups in total. The van der Waals surface area contributed by atoms with E-state index in [-0.39, 0.29) is 11.3 Å². The van der Waals surface area contributed by atoms with Gasteiger partial charge >= 0.3 is 0 Å². The molecule has 2 aromatic heterocycles. The first kappa shape index (κ1) is 16.9. The first-order valence-electron chi connectivity index (χ1n) is 8.64. The Kier molecular flexibility index (Phi) is 4.79. The normalized spacial score (nSPS) is 17.2. The van der Waals surface area contributed by atoms with Gasteiger partial charge in [-0.1, -0.05) is 36.4 Å². The van der Waals surface area contributed by atoms with Crippen LogP contribution in [0.1, 0.15) is 34.9 Å². The van der Waals surface area contributed by atoms with Gasteiger partial charge in [-0.05, 0) is 29.7 Å². The van der Waals surface area contributed by atoms with Crippen LogP contribution in [0.4, 0.5) is 0 Å². The van der Waals surface area contributed by atoms with Gasteiger partial charge in [-0.15, -0.1) is 16.9 Å². The lowest BCUT2D eigenvalue weighted by Crippen LogP contribution is -2.27. The van der Waals surface area contributed by atoms with Crippen LogP contribution in [0.3, 0.4) is 0 Å². The number of carbonyl (C=O) groups is 1. The number of thioether (sulfide) groups is 1. The van der Waals surface area contributed by atoms with Gasteiger partial charge in [-0.2, -0.15) is 0 Å². The maximum atomic E-state index is 12.3. The molecule has 3 aromatic rings. The summed E-state index contributed by atoms with van der Waals surface area (Å²) in [7, 11) is 0. The minimum absolute atomic E-state index is 0.0982. The van der Waals surface area contributed by atoms with E-state index in [1.165, 1.54) is 11.1 Å². The molecule has 1 aliphatic rings. The molecule has 4 rings (SSSR count). The lowest BCUT2D eigenvalue weighted by molar-refractivity contribution is -0.128. The zero-order valence-electron chi connectivity index (χ0n) is 14.5. The van der Waals surface area contributed by atoms with E-state index < -0.39 is 0 Å². The van der Waals surface area contributed by atoms with Crippen LogP contribution in [0.5, 0.6) is 0 Å². The van der Waals surface area contributed by atoms with Crippen molar-refractivity contribution in [3.05, 3.63) is 71.4 Å². The Balaban J connectivity index is 1.48. The highest BCUT2D eigenvalue weighted by Gasteiger charge is 2.35. The summed E-state index contributed by atoms with van der Waals surface area (Å²) in [6.45, 7) is 3.27. The third kappa shape index (κ3) is 3.53. The van der Waals surface area contributed by atoms with E-state index in [9.17, 15) is 4.79 Å². The molecule has 0 spiro atoms. The molecule has 0 saturated carbocycles. The average molecular weight is 368 g/mol. The molecule has 6 nitrogen and oxygen atoms in total. The molecule has 1 amide bonds. The van der Waals surface area contributed by atoms with Crippen molar-refractivity contribution in [1.82, 2.24) is 19.9 Å². The maximum Gasteiger partial charge on any atom is 0.234 e. The van der Waals surface area contributed by atoms with E-state index in [2.05, 4.69) is 41.5 Å². The van der Waals surface area contributed by atoms with Crippen LogP contribution < -0.4 is 0 Å². The molecule has 1 aromatic carbocycles. The summed E-state index contributed by atoms with van der Waals surface area (Å²) in [6.07, 6.45) is 4.59. The number of aromatic nitrogens is 3. The van der Waals surface area contributed by atoms with Gasteiger partial charge in [0.2, 0.25) is 5.91 Å². The van der Waals surface area contributed by atoms with E-state index in [0.717, 1.165) is 17.9 Å². The van der Waals surface area contributed by atoms with Crippen molar-refractivity contribution in [1.29, 1.82) is 0 Å². The fourth-order valence-electron chi connectivity index (χ4n) is 3.01. The predicted octanol–water partition coefficient (Wildman–Crippen LogP) is 3.26. The highest BCUT2D eigenvalue weighted by molar-refractivity contribution is 8.00. The van der Waals surface area contributed by atoms with Crippen LogP contribution in [0.2, 0.25) is 0 Å². The molecule has 3 heterocycles. The van der Waals surface area contributed by atoms with Gasteiger partial charge < -0.3 is 9.32 Å². The van der Waals surface area contributed by atoms with Crippen molar-refractivity contribution in [3.8, 4) is 0 Å². The van der Waals surface area contributed by atoms with Gasteiger partial charge in [-0.3, -0.25) is 4.79 Å². The SMILES string of the molecule is CCc1ccc(Cn2cc([C@@H]3SCC(=O)N3Cc3ccco3)nn2)cc1. The zero-order valence-corrected chi connectivity index (χ0v) is 15.4. The Morgan fingerprint density at radius 3 is 2.73 bits per heavy atom. The number of hydrogen-bond donors (Lipinski definition) is 0. The number of amides is 1. The minimum Gasteiger partial charge on any atom is -0.467 e. The Labute approximate surface area is 156 Å². The number of aryl methyl sites for hydroxylation is 1. The fourth-order valence-corrected chi connectivity index (χ4v) is 4.13. The number of furan rings is 1. The maximum absolute atomic E-state index is 12.3. The van der Waals surface area contributed by atoms with Crippen molar-refractivity contribution in [2.24, 2.45) is 0 Å². The first-order chi connectivity index (χ1) is 12.7. The Morgan fingerprint density at radius 2 is 2.00 bits per heavy atom. The molecule has 0 aliphatic carbocycles. The third-order valence-corrected chi connectivity index (χ3v) is 5.68. The molecule has 0 radical (unpaired) electrons. The summed E-state index contributed by atoms with van der Waals surface area (Å²) in [6, 6.07) is 12.2. The van der Waals surface area contributed by atoms with Gasteiger partial charge in [0.05, 0.1) is 31.3 Å². The predicted molar refractivity (Wildman–Crippen MR) is 99.4 cm³/mol. The van der Waals surface area contributed by atoms with E-state index in [1.807, 2.05) is 23.0 Å². The van der Waals surface area contributed by atoms with Crippen molar-refractivity contribution in [3.63, 3.8) is 0 Å². The second-order valence-electron chi connectivity index (χ2n) is 6.28. The van der Waals surface area contributed by atoms with Gasteiger partial charge in [0.1, 0.15) is 16.8 Å². The molecule has 1 aliphatic heterocycles. The zero-order chi connectivity index (χ0) is 17.9. The minimum atomic E-state index is -0.121. The molecular weight excluding hydrogens is 348 g/mol. The monoisotopic (exact) mass is 368 g/mol. The number of benzene rings is 1. The molecule has 134 valence electrons. The molecule has 0 bridgehead atoms. The lowest BCUT2D eigenvalue weighted by Gasteiger charge is -2.20. The number of hydrogen-bond acceptors (Lipinski definition) is 5. The standard InChI is InChI=1S/C19H20N4O2S/c1-2-14-5-7-15(8-6-14)10-22-12-17(20-21-22)19-23(18(24)13-26-19)11-16-4-3-9-25-16/h3-9,12,19H,2,10-11,13H2,1H3/t19-/m0/s1. The van der Waals surface area contributed by atoms with E-state index >= 15 is 0 Å². The molecule has 1 saturated heterocycles. The van der Waals surface area contributed by atoms with E-state index in [1.54, 1.807) is 22.9 Å². The summed E-state index contributed by atoms with van der Waals surface area (Å²) in [4.78, 5) is 14.1. The van der Waals surface area contributed by atoms with Crippen LogP contribution in [0.15, 0.2) is 53.3 Å². The molecular formula is C19H20N4O2S. The summed E-state index contributed by atoms with van der Waals surface area (Å²) in [5.41, 5.74) is 3.31. The van der Waals surface area contributed by atoms with Crippen LogP contribution in [-0.2, 0) is 24.3 Å². The summed E-state index contributed by atoms with van der Waals surface area (Å²) in [5.74, 6) is 1.33. The highest BCUT2D eigenvalue weighted by Crippen LogP contribution is 2.38. The molecule has 26 heavy (non-hydrogen) atoms. The number of carbonyl (C=O) groups excluding carboxylic acids is 1. The molecule has 0 unspecified atom stereocenters. The van der Waals surface area contributed by atoms with Crippen LogP contribution in [0, 0.1) is 0 Å². The van der Waals surface area contributed by atoms with Gasteiger partial charge in [0, 0.05) is 0 Å². The quantitative estimate of drug-likeness (QED) is 0.668. The summed E-state index contributed by atoms with van der Waals surface area (Å²) in [5, 5.41) is 8.44. The Bertz CT molecular complexity index is 873. The smallest absolute Gasteiger partial charge is 0.234 e. The highest BCUT2D eigenvalue weighted by atomic mass is 32.2. The third-order valence-electron chi connectivity index (χ3n) is 4.46. The number of nitrogens with zero attached hydrogens (tertiary/aromatic N) is 4. The Hall–Kier alpha value is -2.54. The van der Waals surface area contributed by atoms with Crippen molar-refractivity contribution in [2.45, 2.75) is 31.8 Å². The molecule has 1 fully saturated rings. The topological polar surface area (TPSA) is 64.2 Å². The summed E-state index contributed by atoms with van der Waals surface area (Å²) < 4.78 is 7.21. The van der Waals surface area contributed by atoms with Crippen LogP contribution in [0.25, 0.3) is 0 Å². The van der Waals surface area contributed by atoms with Crippen molar-refractivity contribution < 1.29 is 9.21 Å². The molecule has 1 atom stereocenters. The average Bonchev–Trinajstić information content (AvgIpc) is 3.39. The summed E-state index contributed by atoms with van der Waals surface area (Å²) >= 11 is 1.58. The van der Waals surface area contributed by atoms with Crippen molar-refractivity contribution in [2.75, 3.05) is 5.75 Å². The largest absolute Gasteiger partial charge is 0.467 e. The van der Waals surface area contributed by atoms with Gasteiger partial charge in [-0.25, -0.2) is 4.68 Å². The van der Waals surface area contributed by atoms with Crippen LogP contribution >= 0.6 is 11.8 Å². The second-order valence-corrected chi connectivity index (χ2v) is 7.34. The van der Waals surface area contributed by atoms with Crippen LogP contribution in [-0.4, -0.2) is 31.6 Å². The second kappa shape index (κ2) is 7.37. The van der Waals surface area contributed by atoms with Gasteiger partial charge in [0.15, 0.2) is 0 Å². The fraction of sp³-hybridized carbons (Fsp3) is 0.316. The molecule has 7 heteroatoms. The number of rotatable bonds is 6. The van der Waals surface area contributed by atoms with E-state index in [4.69, 9.17) is 4.42 Å². The van der Waals surface area contributed by atoms with Crippen molar-refractivity contribution >= 4 is 17.7 Å². The van der Waals surface area contributed by atoms with Gasteiger partial charge in [0.25, 0.3) is 0 Å². The first-order valence-corrected chi connectivity index (χ1v) is 9.69. The Morgan fingerprint density at radius 1 is 1.19 bits per heavy atom.